The molecule has 0 radical (unpaired) electrons. The summed E-state index contributed by atoms with van der Waals surface area (Å²) in [4.78, 5) is 28.2. The molecule has 166 valence electrons. The number of hydrogen-bond acceptors (Lipinski definition) is 2. The molecule has 3 rings (SSSR count). The van der Waals surface area contributed by atoms with E-state index in [1.54, 1.807) is 17.0 Å². The van der Waals surface area contributed by atoms with Gasteiger partial charge in [-0.15, -0.1) is 0 Å². The van der Waals surface area contributed by atoms with Crippen LogP contribution in [0.2, 0.25) is 10.0 Å². The number of rotatable bonds is 8. The first kappa shape index (κ1) is 23.6. The fourth-order valence-electron chi connectivity index (χ4n) is 4.22. The van der Waals surface area contributed by atoms with Crippen LogP contribution in [-0.2, 0) is 22.6 Å². The highest BCUT2D eigenvalue weighted by Gasteiger charge is 2.30. The Balaban J connectivity index is 1.84. The molecule has 2 aromatic carbocycles. The van der Waals surface area contributed by atoms with Crippen molar-refractivity contribution in [3.8, 4) is 0 Å². The quantitative estimate of drug-likeness (QED) is 0.548. The summed E-state index contributed by atoms with van der Waals surface area (Å²) in [6.07, 6.45) is 5.08. The van der Waals surface area contributed by atoms with Crippen LogP contribution in [0.1, 0.15) is 55.7 Å². The van der Waals surface area contributed by atoms with Crippen LogP contribution in [0.15, 0.2) is 42.5 Å². The first-order valence-electron chi connectivity index (χ1n) is 11.0. The molecule has 0 unspecified atom stereocenters. The van der Waals surface area contributed by atoms with Gasteiger partial charge in [0.2, 0.25) is 11.8 Å². The molecule has 2 amide bonds. The van der Waals surface area contributed by atoms with E-state index in [0.717, 1.165) is 42.4 Å². The van der Waals surface area contributed by atoms with Gasteiger partial charge in [0.15, 0.2) is 0 Å². The predicted octanol–water partition coefficient (Wildman–Crippen LogP) is 5.71. The molecule has 2 aromatic rings. The Morgan fingerprint density at radius 1 is 1.06 bits per heavy atom. The van der Waals surface area contributed by atoms with Gasteiger partial charge in [-0.25, -0.2) is 0 Å². The van der Waals surface area contributed by atoms with Crippen molar-refractivity contribution in [1.82, 2.24) is 10.2 Å². The first-order chi connectivity index (χ1) is 14.9. The summed E-state index contributed by atoms with van der Waals surface area (Å²) in [6, 6.07) is 12.9. The maximum atomic E-state index is 13.4. The van der Waals surface area contributed by atoms with Gasteiger partial charge in [-0.1, -0.05) is 78.9 Å². The molecule has 31 heavy (non-hydrogen) atoms. The number of carbonyl (C=O) groups excluding carboxylic acids is 2. The normalized spacial score (nSPS) is 15.0. The van der Waals surface area contributed by atoms with E-state index in [0.29, 0.717) is 23.0 Å². The first-order valence-corrected chi connectivity index (χ1v) is 11.7. The molecular formula is C25H30Cl2N2O2. The zero-order chi connectivity index (χ0) is 22.4. The average molecular weight is 461 g/mol. The van der Waals surface area contributed by atoms with Gasteiger partial charge in [0.1, 0.15) is 6.04 Å². The Kier molecular flexibility index (Phi) is 8.39. The molecule has 0 saturated heterocycles. The summed E-state index contributed by atoms with van der Waals surface area (Å²) in [6.45, 7) is 4.25. The van der Waals surface area contributed by atoms with Crippen LogP contribution in [-0.4, -0.2) is 28.8 Å². The number of halogens is 2. The molecule has 4 nitrogen and oxygen atoms in total. The lowest BCUT2D eigenvalue weighted by molar-refractivity contribution is -0.141. The van der Waals surface area contributed by atoms with E-state index in [9.17, 15) is 9.59 Å². The van der Waals surface area contributed by atoms with Crippen LogP contribution >= 0.6 is 23.2 Å². The lowest BCUT2D eigenvalue weighted by atomic mass is 10.0. The van der Waals surface area contributed by atoms with Crippen LogP contribution < -0.4 is 5.32 Å². The monoisotopic (exact) mass is 460 g/mol. The van der Waals surface area contributed by atoms with Crippen LogP contribution in [0.5, 0.6) is 0 Å². The molecule has 0 spiro atoms. The second kappa shape index (κ2) is 11.0. The van der Waals surface area contributed by atoms with Gasteiger partial charge in [0.25, 0.3) is 0 Å². The maximum absolute atomic E-state index is 13.4. The third-order valence-corrected chi connectivity index (χ3v) is 6.60. The number of carbonyl (C=O) groups is 2. The van der Waals surface area contributed by atoms with Crippen molar-refractivity contribution >= 4 is 35.0 Å². The molecule has 1 aliphatic carbocycles. The van der Waals surface area contributed by atoms with Crippen molar-refractivity contribution in [1.29, 1.82) is 0 Å². The summed E-state index contributed by atoms with van der Waals surface area (Å²) in [5.74, 6) is -0.155. The molecule has 1 saturated carbocycles. The molecule has 1 fully saturated rings. The number of hydrogen-bond donors (Lipinski definition) is 1. The second-order valence-electron chi connectivity index (χ2n) is 8.35. The highest BCUT2D eigenvalue weighted by atomic mass is 35.5. The predicted molar refractivity (Wildman–Crippen MR) is 126 cm³/mol. The van der Waals surface area contributed by atoms with E-state index < -0.39 is 6.04 Å². The van der Waals surface area contributed by atoms with E-state index >= 15 is 0 Å². The third kappa shape index (κ3) is 6.47. The molecule has 1 atom stereocenters. The molecule has 0 aromatic heterocycles. The Morgan fingerprint density at radius 3 is 2.45 bits per heavy atom. The summed E-state index contributed by atoms with van der Waals surface area (Å²) >= 11 is 12.3. The van der Waals surface area contributed by atoms with E-state index in [-0.39, 0.29) is 24.3 Å². The fraction of sp³-hybridized carbons (Fsp3) is 0.440. The lowest BCUT2D eigenvalue weighted by Gasteiger charge is -2.31. The van der Waals surface area contributed by atoms with Crippen molar-refractivity contribution in [2.24, 2.45) is 0 Å². The summed E-state index contributed by atoms with van der Waals surface area (Å²) in [5.41, 5.74) is 2.89. The topological polar surface area (TPSA) is 49.4 Å². The van der Waals surface area contributed by atoms with E-state index in [4.69, 9.17) is 23.2 Å². The minimum Gasteiger partial charge on any atom is -0.352 e. The van der Waals surface area contributed by atoms with Gasteiger partial charge >= 0.3 is 0 Å². The third-order valence-electron chi connectivity index (χ3n) is 5.86. The Bertz CT molecular complexity index is 925. The summed E-state index contributed by atoms with van der Waals surface area (Å²) in [5, 5.41) is 4.07. The molecule has 1 N–H and O–H groups in total. The number of nitrogens with zero attached hydrogens (tertiary/aromatic N) is 1. The van der Waals surface area contributed by atoms with Crippen LogP contribution in [0.3, 0.4) is 0 Å². The van der Waals surface area contributed by atoms with Gasteiger partial charge in [0.05, 0.1) is 16.5 Å². The second-order valence-corrected chi connectivity index (χ2v) is 9.16. The highest BCUT2D eigenvalue weighted by Crippen LogP contribution is 2.25. The fourth-order valence-corrected chi connectivity index (χ4v) is 4.54. The van der Waals surface area contributed by atoms with Gasteiger partial charge in [-0.2, -0.15) is 0 Å². The molecule has 0 heterocycles. The Hall–Kier alpha value is -2.04. The van der Waals surface area contributed by atoms with Crippen molar-refractivity contribution in [3.63, 3.8) is 0 Å². The minimum absolute atomic E-state index is 0.0768. The van der Waals surface area contributed by atoms with Gasteiger partial charge in [0, 0.05) is 12.6 Å². The van der Waals surface area contributed by atoms with Gasteiger partial charge < -0.3 is 10.2 Å². The highest BCUT2D eigenvalue weighted by molar-refractivity contribution is 6.42. The number of nitrogens with one attached hydrogen (secondary N) is 1. The van der Waals surface area contributed by atoms with Crippen LogP contribution in [0, 0.1) is 6.92 Å². The molecule has 0 aliphatic heterocycles. The number of benzene rings is 2. The lowest BCUT2D eigenvalue weighted by Crippen LogP contribution is -2.51. The van der Waals surface area contributed by atoms with Gasteiger partial charge in [-0.05, 0) is 49.4 Å². The molecule has 1 aliphatic rings. The maximum Gasteiger partial charge on any atom is 0.243 e. The van der Waals surface area contributed by atoms with Crippen molar-refractivity contribution < 1.29 is 9.59 Å². The van der Waals surface area contributed by atoms with Crippen molar-refractivity contribution in [2.75, 3.05) is 0 Å². The minimum atomic E-state index is -0.535. The SMILES string of the molecule is CC[C@H](C(=O)NC1CCCC1)N(Cc1ccc(Cl)c(Cl)c1)C(=O)Cc1cccc(C)c1. The largest absolute Gasteiger partial charge is 0.352 e. The van der Waals surface area contributed by atoms with E-state index in [2.05, 4.69) is 5.32 Å². The Morgan fingerprint density at radius 2 is 1.81 bits per heavy atom. The Labute approximate surface area is 194 Å². The number of aryl methyl sites for hydroxylation is 1. The van der Waals surface area contributed by atoms with Gasteiger partial charge in [-0.3, -0.25) is 9.59 Å². The standard InChI is InChI=1S/C25H30Cl2N2O2/c1-3-23(25(31)28-20-9-4-5-10-20)29(16-19-11-12-21(26)22(27)14-19)24(30)15-18-8-6-7-17(2)13-18/h6-8,11-14,20,23H,3-5,9-10,15-16H2,1-2H3,(H,28,31)/t23-/m1/s1. The van der Waals surface area contributed by atoms with E-state index in [1.165, 1.54) is 0 Å². The van der Waals surface area contributed by atoms with Crippen molar-refractivity contribution in [3.05, 3.63) is 69.2 Å². The summed E-state index contributed by atoms with van der Waals surface area (Å²) in [7, 11) is 0. The number of amides is 2. The molecular weight excluding hydrogens is 431 g/mol. The van der Waals surface area contributed by atoms with E-state index in [1.807, 2.05) is 44.2 Å². The zero-order valence-corrected chi connectivity index (χ0v) is 19.7. The molecule has 6 heteroatoms. The van der Waals surface area contributed by atoms with Crippen LogP contribution in [0.4, 0.5) is 0 Å². The molecule has 0 bridgehead atoms. The zero-order valence-electron chi connectivity index (χ0n) is 18.2. The smallest absolute Gasteiger partial charge is 0.243 e. The van der Waals surface area contributed by atoms with Crippen LogP contribution in [0.25, 0.3) is 0 Å². The van der Waals surface area contributed by atoms with Crippen molar-refractivity contribution in [2.45, 2.75) is 71.0 Å². The summed E-state index contributed by atoms with van der Waals surface area (Å²) < 4.78 is 0. The average Bonchev–Trinajstić information content (AvgIpc) is 3.23.